The number of hydrogen-bond acceptors (Lipinski definition) is 3. The normalized spacial score (nSPS) is 15.7. The van der Waals surface area contributed by atoms with Crippen molar-refractivity contribution in [3.8, 4) is 5.69 Å². The minimum Gasteiger partial charge on any atom is -0.391 e. The number of benzene rings is 2. The Bertz CT molecular complexity index is 987. The molecule has 1 aliphatic rings. The molecule has 6 nitrogen and oxygen atoms in total. The fraction of sp³-hybridized carbons (Fsp3) is 0.300. The topological polar surface area (TPSA) is 61.6 Å². The van der Waals surface area contributed by atoms with Crippen LogP contribution in [0.2, 0.25) is 0 Å². The highest BCUT2D eigenvalue weighted by Gasteiger charge is 2.31. The third-order valence-electron chi connectivity index (χ3n) is 4.96. The molecule has 7 heteroatoms. The number of β-amino-alcohol motifs (C(OH)–C–C–N with tert-alkyl or cyclic N) is 1. The molecule has 2 aromatic carbocycles. The van der Waals surface area contributed by atoms with Gasteiger partial charge in [0.1, 0.15) is 11.5 Å². The van der Waals surface area contributed by atoms with Crippen LogP contribution >= 0.6 is 0 Å². The highest BCUT2D eigenvalue weighted by molar-refractivity contribution is 6.03. The van der Waals surface area contributed by atoms with Crippen LogP contribution in [-0.4, -0.2) is 51.6 Å². The Hall–Kier alpha value is -2.93. The summed E-state index contributed by atoms with van der Waals surface area (Å²) in [4.78, 5) is 16.1. The molecule has 1 N–H and O–H groups in total. The van der Waals surface area contributed by atoms with Gasteiger partial charge in [0.15, 0.2) is 0 Å². The number of urea groups is 1. The molecule has 0 unspecified atom stereocenters. The number of carbonyl (C=O) groups is 1. The van der Waals surface area contributed by atoms with E-state index in [2.05, 4.69) is 5.10 Å². The van der Waals surface area contributed by atoms with Crippen molar-refractivity contribution in [1.82, 2.24) is 14.7 Å². The molecule has 2 heterocycles. The largest absolute Gasteiger partial charge is 0.391 e. The summed E-state index contributed by atoms with van der Waals surface area (Å²) in [5, 5.41) is 15.0. The van der Waals surface area contributed by atoms with Gasteiger partial charge in [-0.3, -0.25) is 4.90 Å². The summed E-state index contributed by atoms with van der Waals surface area (Å²) in [5.41, 5.74) is 1.84. The van der Waals surface area contributed by atoms with Crippen LogP contribution in [0.25, 0.3) is 16.6 Å². The second-order valence-corrected chi connectivity index (χ2v) is 6.66. The molecule has 0 spiro atoms. The van der Waals surface area contributed by atoms with Crippen molar-refractivity contribution in [2.24, 2.45) is 0 Å². The van der Waals surface area contributed by atoms with Gasteiger partial charge in [0.25, 0.3) is 0 Å². The van der Waals surface area contributed by atoms with E-state index in [1.54, 1.807) is 38.9 Å². The summed E-state index contributed by atoms with van der Waals surface area (Å²) in [6.07, 6.45) is 1.75. The number of aromatic nitrogens is 2. The number of amides is 2. The third-order valence-corrected chi connectivity index (χ3v) is 4.96. The number of aliphatic hydroxyl groups excluding tert-OH is 1. The maximum atomic E-state index is 14.2. The predicted molar refractivity (Wildman–Crippen MR) is 102 cm³/mol. The minimum absolute atomic E-state index is 0.131. The zero-order valence-electron chi connectivity index (χ0n) is 15.0. The standard InChI is InChI=1S/C20H21FN4O2/c1-2-14(26)13-23-10-11-24(20(23)27)17-8-5-9-18-15(17)12-22-25(18)19-7-4-3-6-16(19)21/h3-9,12,14,26H,2,10-11,13H2,1H3/t14-/m1/s1. The van der Waals surface area contributed by atoms with Crippen LogP contribution in [0, 0.1) is 5.82 Å². The van der Waals surface area contributed by atoms with Gasteiger partial charge in [0, 0.05) is 25.0 Å². The Morgan fingerprint density at radius 3 is 2.70 bits per heavy atom. The highest BCUT2D eigenvalue weighted by Crippen LogP contribution is 2.31. The molecular weight excluding hydrogens is 347 g/mol. The molecule has 0 saturated carbocycles. The first kappa shape index (κ1) is 17.5. The van der Waals surface area contributed by atoms with E-state index >= 15 is 0 Å². The lowest BCUT2D eigenvalue weighted by Gasteiger charge is -2.21. The molecule has 3 aromatic rings. The molecule has 0 bridgehead atoms. The first-order chi connectivity index (χ1) is 13.1. The van der Waals surface area contributed by atoms with Gasteiger partial charge in [0.05, 0.1) is 23.5 Å². The van der Waals surface area contributed by atoms with Gasteiger partial charge in [-0.2, -0.15) is 5.10 Å². The number of fused-ring (bicyclic) bond motifs is 1. The second-order valence-electron chi connectivity index (χ2n) is 6.66. The maximum absolute atomic E-state index is 14.2. The molecule has 0 aliphatic carbocycles. The fourth-order valence-electron chi connectivity index (χ4n) is 3.45. The quantitative estimate of drug-likeness (QED) is 0.752. The third kappa shape index (κ3) is 3.04. The van der Waals surface area contributed by atoms with E-state index in [1.165, 1.54) is 6.07 Å². The van der Waals surface area contributed by atoms with E-state index in [0.29, 0.717) is 31.7 Å². The Labute approximate surface area is 156 Å². The average molecular weight is 368 g/mol. The molecular formula is C20H21FN4O2. The first-order valence-electron chi connectivity index (χ1n) is 9.06. The van der Waals surface area contributed by atoms with Gasteiger partial charge in [0.2, 0.25) is 0 Å². The monoisotopic (exact) mass is 368 g/mol. The van der Waals surface area contributed by atoms with Gasteiger partial charge in [-0.05, 0) is 30.7 Å². The number of carbonyl (C=O) groups excluding carboxylic acids is 1. The zero-order chi connectivity index (χ0) is 19.0. The lowest BCUT2D eigenvalue weighted by molar-refractivity contribution is 0.128. The molecule has 1 aliphatic heterocycles. The summed E-state index contributed by atoms with van der Waals surface area (Å²) in [6.45, 7) is 3.32. The van der Waals surface area contributed by atoms with Crippen LogP contribution in [0.3, 0.4) is 0 Å². The molecule has 140 valence electrons. The lowest BCUT2D eigenvalue weighted by atomic mass is 10.2. The van der Waals surface area contributed by atoms with Crippen LogP contribution in [0.1, 0.15) is 13.3 Å². The van der Waals surface area contributed by atoms with Crippen molar-refractivity contribution in [2.45, 2.75) is 19.4 Å². The van der Waals surface area contributed by atoms with Gasteiger partial charge in [-0.1, -0.05) is 25.1 Å². The summed E-state index contributed by atoms with van der Waals surface area (Å²) < 4.78 is 15.7. The predicted octanol–water partition coefficient (Wildman–Crippen LogP) is 3.18. The number of rotatable bonds is 5. The lowest BCUT2D eigenvalue weighted by Crippen LogP contribution is -2.36. The van der Waals surface area contributed by atoms with E-state index in [9.17, 15) is 14.3 Å². The number of nitrogens with zero attached hydrogens (tertiary/aromatic N) is 4. The van der Waals surface area contributed by atoms with Gasteiger partial charge in [-0.15, -0.1) is 0 Å². The Morgan fingerprint density at radius 2 is 1.93 bits per heavy atom. The van der Waals surface area contributed by atoms with Crippen LogP contribution in [0.15, 0.2) is 48.7 Å². The second kappa shape index (κ2) is 7.00. The van der Waals surface area contributed by atoms with E-state index in [4.69, 9.17) is 0 Å². The van der Waals surface area contributed by atoms with Crippen molar-refractivity contribution in [2.75, 3.05) is 24.5 Å². The number of aliphatic hydroxyl groups is 1. The van der Waals surface area contributed by atoms with Crippen molar-refractivity contribution in [3.63, 3.8) is 0 Å². The number of anilines is 1. The number of para-hydroxylation sites is 1. The van der Waals surface area contributed by atoms with Crippen LogP contribution < -0.4 is 4.90 Å². The number of hydrogen-bond donors (Lipinski definition) is 1. The number of halogens is 1. The van der Waals surface area contributed by atoms with Crippen LogP contribution in [0.5, 0.6) is 0 Å². The van der Waals surface area contributed by atoms with Crippen LogP contribution in [0.4, 0.5) is 14.9 Å². The summed E-state index contributed by atoms with van der Waals surface area (Å²) >= 11 is 0. The Kier molecular flexibility index (Phi) is 4.53. The molecule has 27 heavy (non-hydrogen) atoms. The first-order valence-corrected chi connectivity index (χ1v) is 9.06. The van der Waals surface area contributed by atoms with Gasteiger partial charge in [-0.25, -0.2) is 13.9 Å². The van der Waals surface area contributed by atoms with Crippen molar-refractivity contribution < 1.29 is 14.3 Å². The molecule has 1 aromatic heterocycles. The van der Waals surface area contributed by atoms with E-state index in [1.807, 2.05) is 25.1 Å². The molecule has 1 saturated heterocycles. The van der Waals surface area contributed by atoms with E-state index in [0.717, 1.165) is 16.6 Å². The van der Waals surface area contributed by atoms with Gasteiger partial charge >= 0.3 is 6.03 Å². The summed E-state index contributed by atoms with van der Waals surface area (Å²) in [5.74, 6) is -0.357. The van der Waals surface area contributed by atoms with Crippen molar-refractivity contribution >= 4 is 22.6 Å². The summed E-state index contributed by atoms with van der Waals surface area (Å²) in [7, 11) is 0. The van der Waals surface area contributed by atoms with E-state index in [-0.39, 0.29) is 11.8 Å². The minimum atomic E-state index is -0.520. The molecule has 1 atom stereocenters. The van der Waals surface area contributed by atoms with Crippen molar-refractivity contribution in [1.29, 1.82) is 0 Å². The smallest absolute Gasteiger partial charge is 0.324 e. The Balaban J connectivity index is 1.70. The zero-order valence-corrected chi connectivity index (χ0v) is 15.0. The highest BCUT2D eigenvalue weighted by atomic mass is 19.1. The molecule has 2 amide bonds. The van der Waals surface area contributed by atoms with E-state index < -0.39 is 6.10 Å². The molecule has 1 fully saturated rings. The Morgan fingerprint density at radius 1 is 1.15 bits per heavy atom. The maximum Gasteiger partial charge on any atom is 0.324 e. The van der Waals surface area contributed by atoms with Gasteiger partial charge < -0.3 is 10.0 Å². The molecule has 0 radical (unpaired) electrons. The summed E-state index contributed by atoms with van der Waals surface area (Å²) in [6, 6.07) is 11.9. The van der Waals surface area contributed by atoms with Crippen LogP contribution in [-0.2, 0) is 0 Å². The fourth-order valence-corrected chi connectivity index (χ4v) is 3.45. The molecule has 4 rings (SSSR count). The van der Waals surface area contributed by atoms with Crippen molar-refractivity contribution in [3.05, 3.63) is 54.5 Å². The average Bonchev–Trinajstić information content (AvgIpc) is 3.26. The SMILES string of the molecule is CC[C@@H](O)CN1CCN(c2cccc3c2cnn3-c2ccccc2F)C1=O.